The fourth-order valence-corrected chi connectivity index (χ4v) is 3.65. The molecule has 1 atom stereocenters. The summed E-state index contributed by atoms with van der Waals surface area (Å²) >= 11 is 0. The summed E-state index contributed by atoms with van der Waals surface area (Å²) in [7, 11) is 3.79. The molecular weight excluding hydrogens is 308 g/mol. The molecule has 24 heavy (non-hydrogen) atoms. The van der Waals surface area contributed by atoms with Gasteiger partial charge in [0.25, 0.3) is 0 Å². The van der Waals surface area contributed by atoms with Crippen LogP contribution >= 0.6 is 0 Å². The molecule has 1 aromatic rings. The highest BCUT2D eigenvalue weighted by Gasteiger charge is 2.39. The van der Waals surface area contributed by atoms with Crippen LogP contribution in [0.15, 0.2) is 4.52 Å². The number of hydrogen-bond donors (Lipinski definition) is 1. The molecule has 1 aliphatic carbocycles. The molecule has 7 heteroatoms. The SMILES string of the molecule is CN(C)CC(=O)NC1(c2noc([C@@H]3CCOC3)n2)CCCCCC1. The van der Waals surface area contributed by atoms with Crippen molar-refractivity contribution < 1.29 is 14.1 Å². The van der Waals surface area contributed by atoms with E-state index in [1.165, 1.54) is 12.8 Å². The van der Waals surface area contributed by atoms with Crippen molar-refractivity contribution in [2.24, 2.45) is 0 Å². The summed E-state index contributed by atoms with van der Waals surface area (Å²) in [6, 6.07) is 0. The molecule has 0 radical (unpaired) electrons. The van der Waals surface area contributed by atoms with Crippen LogP contribution in [0.3, 0.4) is 0 Å². The van der Waals surface area contributed by atoms with E-state index in [0.29, 0.717) is 24.9 Å². The lowest BCUT2D eigenvalue weighted by Gasteiger charge is -2.31. The van der Waals surface area contributed by atoms with Gasteiger partial charge in [-0.05, 0) is 33.4 Å². The normalized spacial score (nSPS) is 24.0. The minimum absolute atomic E-state index is 0.0115. The van der Waals surface area contributed by atoms with Crippen LogP contribution in [0.1, 0.15) is 62.6 Å². The molecule has 1 aliphatic heterocycles. The Morgan fingerprint density at radius 3 is 2.67 bits per heavy atom. The molecule has 1 saturated heterocycles. The molecule has 1 saturated carbocycles. The van der Waals surface area contributed by atoms with Crippen LogP contribution in [-0.4, -0.2) is 54.8 Å². The van der Waals surface area contributed by atoms with Gasteiger partial charge in [-0.25, -0.2) is 0 Å². The molecule has 0 aromatic carbocycles. The van der Waals surface area contributed by atoms with Crippen LogP contribution in [0.25, 0.3) is 0 Å². The summed E-state index contributed by atoms with van der Waals surface area (Å²) < 4.78 is 10.9. The number of carbonyl (C=O) groups is 1. The zero-order valence-electron chi connectivity index (χ0n) is 14.7. The van der Waals surface area contributed by atoms with Gasteiger partial charge >= 0.3 is 0 Å². The molecule has 0 unspecified atom stereocenters. The number of aromatic nitrogens is 2. The molecule has 1 aromatic heterocycles. The number of rotatable bonds is 5. The van der Waals surface area contributed by atoms with E-state index in [-0.39, 0.29) is 11.8 Å². The number of ether oxygens (including phenoxy) is 1. The number of carbonyl (C=O) groups excluding carboxylic acids is 1. The van der Waals surface area contributed by atoms with E-state index in [4.69, 9.17) is 9.26 Å². The van der Waals surface area contributed by atoms with Gasteiger partial charge in [-0.3, -0.25) is 4.79 Å². The van der Waals surface area contributed by atoms with Gasteiger partial charge in [0.15, 0.2) is 5.82 Å². The van der Waals surface area contributed by atoms with Gasteiger partial charge in [0, 0.05) is 6.61 Å². The van der Waals surface area contributed by atoms with Gasteiger partial charge in [-0.2, -0.15) is 4.98 Å². The van der Waals surface area contributed by atoms with Gasteiger partial charge < -0.3 is 19.5 Å². The van der Waals surface area contributed by atoms with Gasteiger partial charge in [0.1, 0.15) is 5.54 Å². The summed E-state index contributed by atoms with van der Waals surface area (Å²) in [6.45, 7) is 1.75. The van der Waals surface area contributed by atoms with Gasteiger partial charge in [0.2, 0.25) is 11.8 Å². The Morgan fingerprint density at radius 2 is 2.04 bits per heavy atom. The second kappa shape index (κ2) is 7.61. The second-order valence-corrected chi connectivity index (χ2v) is 7.30. The average Bonchev–Trinajstić information content (AvgIpc) is 3.16. The molecule has 0 bridgehead atoms. The Balaban J connectivity index is 1.82. The monoisotopic (exact) mass is 336 g/mol. The van der Waals surface area contributed by atoms with Crippen molar-refractivity contribution in [3.63, 3.8) is 0 Å². The van der Waals surface area contributed by atoms with E-state index >= 15 is 0 Å². The average molecular weight is 336 g/mol. The van der Waals surface area contributed by atoms with Crippen molar-refractivity contribution in [2.45, 2.75) is 56.4 Å². The number of nitrogens with zero attached hydrogens (tertiary/aromatic N) is 3. The number of likely N-dealkylation sites (N-methyl/N-ethyl adjacent to an activating group) is 1. The molecule has 3 rings (SSSR count). The predicted octanol–water partition coefficient (Wildman–Crippen LogP) is 1.80. The first kappa shape index (κ1) is 17.4. The summed E-state index contributed by atoms with van der Waals surface area (Å²) in [6.07, 6.45) is 7.16. The standard InChI is InChI=1S/C17H28N4O3/c1-21(2)11-14(22)19-17(8-5-3-4-6-9-17)16-18-15(24-20-16)13-7-10-23-12-13/h13H,3-12H2,1-2H3,(H,19,22)/t13-/m1/s1. The molecule has 2 fully saturated rings. The fraction of sp³-hybridized carbons (Fsp3) is 0.824. The molecule has 134 valence electrons. The lowest BCUT2D eigenvalue weighted by atomic mass is 9.89. The highest BCUT2D eigenvalue weighted by molar-refractivity contribution is 5.78. The van der Waals surface area contributed by atoms with Crippen molar-refractivity contribution in [3.8, 4) is 0 Å². The zero-order chi connectivity index (χ0) is 17.0. The van der Waals surface area contributed by atoms with Crippen LogP contribution < -0.4 is 5.32 Å². The third-order valence-electron chi connectivity index (χ3n) is 4.94. The first-order valence-corrected chi connectivity index (χ1v) is 8.97. The molecule has 2 heterocycles. The highest BCUT2D eigenvalue weighted by Crippen LogP contribution is 2.35. The van der Waals surface area contributed by atoms with E-state index in [9.17, 15) is 4.79 Å². The molecule has 0 spiro atoms. The maximum atomic E-state index is 12.4. The first-order valence-electron chi connectivity index (χ1n) is 8.97. The number of hydrogen-bond acceptors (Lipinski definition) is 6. The lowest BCUT2D eigenvalue weighted by Crippen LogP contribution is -2.49. The van der Waals surface area contributed by atoms with Crippen LogP contribution in [0, 0.1) is 0 Å². The molecule has 7 nitrogen and oxygen atoms in total. The Kier molecular flexibility index (Phi) is 5.50. The third kappa shape index (κ3) is 3.95. The van der Waals surface area contributed by atoms with E-state index in [0.717, 1.165) is 38.7 Å². The largest absolute Gasteiger partial charge is 0.381 e. The Bertz CT molecular complexity index is 544. The van der Waals surface area contributed by atoms with Gasteiger partial charge in [-0.15, -0.1) is 0 Å². The lowest BCUT2D eigenvalue weighted by molar-refractivity contribution is -0.124. The molecule has 1 N–H and O–H groups in total. The highest BCUT2D eigenvalue weighted by atomic mass is 16.5. The summed E-state index contributed by atoms with van der Waals surface area (Å²) in [5, 5.41) is 7.49. The minimum Gasteiger partial charge on any atom is -0.381 e. The van der Waals surface area contributed by atoms with Crippen LogP contribution in [0.2, 0.25) is 0 Å². The molecule has 1 amide bonds. The number of amides is 1. The van der Waals surface area contributed by atoms with Crippen molar-refractivity contribution in [2.75, 3.05) is 33.9 Å². The van der Waals surface area contributed by atoms with E-state index in [1.807, 2.05) is 19.0 Å². The maximum absolute atomic E-state index is 12.4. The predicted molar refractivity (Wildman–Crippen MR) is 88.6 cm³/mol. The van der Waals surface area contributed by atoms with E-state index in [1.54, 1.807) is 0 Å². The van der Waals surface area contributed by atoms with Crippen LogP contribution in [0.5, 0.6) is 0 Å². The zero-order valence-corrected chi connectivity index (χ0v) is 14.7. The van der Waals surface area contributed by atoms with E-state index in [2.05, 4.69) is 15.5 Å². The van der Waals surface area contributed by atoms with Crippen molar-refractivity contribution in [3.05, 3.63) is 11.7 Å². The van der Waals surface area contributed by atoms with Crippen molar-refractivity contribution in [1.82, 2.24) is 20.4 Å². The first-order chi connectivity index (χ1) is 11.6. The summed E-state index contributed by atoms with van der Waals surface area (Å²) in [5.41, 5.74) is -0.495. The Labute approximate surface area is 143 Å². The minimum atomic E-state index is -0.495. The molecule has 2 aliphatic rings. The van der Waals surface area contributed by atoms with Crippen molar-refractivity contribution in [1.29, 1.82) is 0 Å². The van der Waals surface area contributed by atoms with Gasteiger partial charge in [-0.1, -0.05) is 30.8 Å². The second-order valence-electron chi connectivity index (χ2n) is 7.30. The Hall–Kier alpha value is -1.47. The van der Waals surface area contributed by atoms with Crippen LogP contribution in [0.4, 0.5) is 0 Å². The van der Waals surface area contributed by atoms with E-state index < -0.39 is 5.54 Å². The smallest absolute Gasteiger partial charge is 0.234 e. The van der Waals surface area contributed by atoms with Gasteiger partial charge in [0.05, 0.1) is 19.1 Å². The quantitative estimate of drug-likeness (QED) is 0.826. The number of nitrogens with one attached hydrogen (secondary N) is 1. The summed E-state index contributed by atoms with van der Waals surface area (Å²) in [5.74, 6) is 1.48. The molecular formula is C17H28N4O3. The third-order valence-corrected chi connectivity index (χ3v) is 4.94. The Morgan fingerprint density at radius 1 is 1.29 bits per heavy atom. The van der Waals surface area contributed by atoms with Crippen molar-refractivity contribution >= 4 is 5.91 Å². The topological polar surface area (TPSA) is 80.5 Å². The summed E-state index contributed by atoms with van der Waals surface area (Å²) in [4.78, 5) is 19.0. The fourth-order valence-electron chi connectivity index (χ4n) is 3.65. The van der Waals surface area contributed by atoms with Crippen LogP contribution in [-0.2, 0) is 15.1 Å². The maximum Gasteiger partial charge on any atom is 0.234 e.